The van der Waals surface area contributed by atoms with E-state index in [1.165, 1.54) is 0 Å². The van der Waals surface area contributed by atoms with Crippen LogP contribution in [0.25, 0.3) is 0 Å². The summed E-state index contributed by atoms with van der Waals surface area (Å²) >= 11 is 0. The second-order valence-corrected chi connectivity index (χ2v) is 1.82. The number of nitrogens with one attached hydrogen (secondary N) is 3. The number of hydrogen-bond donors (Lipinski definition) is 3. The van der Waals surface area contributed by atoms with Crippen molar-refractivity contribution in [3.05, 3.63) is 27.7 Å². The van der Waals surface area contributed by atoms with Crippen molar-refractivity contribution in [2.45, 2.75) is 6.92 Å². The van der Waals surface area contributed by atoms with Crippen LogP contribution in [0.5, 0.6) is 0 Å². The third-order valence-corrected chi connectivity index (χ3v) is 0.920. The fraction of sp³-hybridized carbons (Fsp3) is 0.200. The molecular formula is C5H7N3O. The van der Waals surface area contributed by atoms with Gasteiger partial charge in [-0.05, 0) is 13.0 Å². The molecule has 1 heterocycles. The van der Waals surface area contributed by atoms with E-state index in [2.05, 4.69) is 9.97 Å². The van der Waals surface area contributed by atoms with Gasteiger partial charge in [0.25, 0.3) is 0 Å². The molecule has 1 rings (SSSR count). The predicted octanol–water partition coefficient (Wildman–Crippen LogP) is -0.509. The van der Waals surface area contributed by atoms with E-state index in [9.17, 15) is 4.79 Å². The van der Waals surface area contributed by atoms with Crippen molar-refractivity contribution in [2.24, 2.45) is 0 Å². The number of aryl methyl sites for hydroxylation is 1. The number of rotatable bonds is 0. The van der Waals surface area contributed by atoms with Gasteiger partial charge in [0, 0.05) is 5.69 Å². The molecular weight excluding hydrogens is 118 g/mol. The zero-order valence-corrected chi connectivity index (χ0v) is 4.99. The summed E-state index contributed by atoms with van der Waals surface area (Å²) in [6.07, 6.45) is 0. The summed E-state index contributed by atoms with van der Waals surface area (Å²) in [4.78, 5) is 15.2. The highest BCUT2D eigenvalue weighted by atomic mass is 16.1. The average molecular weight is 125 g/mol. The summed E-state index contributed by atoms with van der Waals surface area (Å²) in [5.41, 5.74) is 0.500. The molecule has 0 aromatic carbocycles. The lowest BCUT2D eigenvalue weighted by atomic mass is 10.5. The third kappa shape index (κ3) is 1.28. The molecule has 0 bridgehead atoms. The molecule has 0 unspecified atom stereocenters. The summed E-state index contributed by atoms with van der Waals surface area (Å²) in [5.74, 6) is 0. The Morgan fingerprint density at radius 2 is 2.22 bits per heavy atom. The maximum absolute atomic E-state index is 10.5. The van der Waals surface area contributed by atoms with Crippen LogP contribution in [-0.2, 0) is 0 Å². The second kappa shape index (κ2) is 1.89. The molecule has 0 fully saturated rings. The number of aromatic amines is 2. The van der Waals surface area contributed by atoms with Crippen LogP contribution >= 0.6 is 0 Å². The molecule has 3 N–H and O–H groups in total. The van der Waals surface area contributed by atoms with Crippen LogP contribution in [-0.4, -0.2) is 9.97 Å². The Morgan fingerprint density at radius 3 is 2.67 bits per heavy atom. The van der Waals surface area contributed by atoms with Gasteiger partial charge in [0.2, 0.25) is 0 Å². The highest BCUT2D eigenvalue weighted by Crippen LogP contribution is 1.73. The maximum Gasteiger partial charge on any atom is 0.324 e. The van der Waals surface area contributed by atoms with Crippen LogP contribution in [0, 0.1) is 12.3 Å². The van der Waals surface area contributed by atoms with E-state index >= 15 is 0 Å². The molecule has 4 nitrogen and oxygen atoms in total. The van der Waals surface area contributed by atoms with Crippen molar-refractivity contribution in [3.63, 3.8) is 0 Å². The molecule has 1 aromatic rings. The first-order chi connectivity index (χ1) is 4.18. The topological polar surface area (TPSA) is 72.5 Å². The molecule has 0 saturated carbocycles. The van der Waals surface area contributed by atoms with Crippen LogP contribution in [0.2, 0.25) is 0 Å². The molecule has 4 heteroatoms. The SMILES string of the molecule is Cc1cc(=N)[nH]c(=O)[nH]1. The Bertz CT molecular complexity index is 280. The molecule has 0 radical (unpaired) electrons. The summed E-state index contributed by atoms with van der Waals surface area (Å²) in [5, 5.41) is 7.00. The smallest absolute Gasteiger partial charge is 0.312 e. The molecule has 0 spiro atoms. The van der Waals surface area contributed by atoms with E-state index in [0.29, 0.717) is 5.69 Å². The molecule has 0 aliphatic rings. The quantitative estimate of drug-likeness (QED) is 0.429. The molecule has 48 valence electrons. The minimum absolute atomic E-state index is 0.135. The number of aromatic nitrogens is 2. The Labute approximate surface area is 51.1 Å². The monoisotopic (exact) mass is 125 g/mol. The summed E-state index contributed by atoms with van der Waals surface area (Å²) in [6, 6.07) is 1.54. The number of hydrogen-bond acceptors (Lipinski definition) is 2. The van der Waals surface area contributed by atoms with Gasteiger partial charge in [0.1, 0.15) is 5.49 Å². The molecule has 1 aromatic heterocycles. The fourth-order valence-electron chi connectivity index (χ4n) is 0.621. The highest BCUT2D eigenvalue weighted by molar-refractivity contribution is 4.92. The zero-order chi connectivity index (χ0) is 6.85. The van der Waals surface area contributed by atoms with Crippen LogP contribution in [0.15, 0.2) is 10.9 Å². The number of H-pyrrole nitrogens is 2. The van der Waals surface area contributed by atoms with E-state index in [-0.39, 0.29) is 11.2 Å². The average Bonchev–Trinajstić information content (AvgIpc) is 1.59. The zero-order valence-electron chi connectivity index (χ0n) is 4.99. The summed E-state index contributed by atoms with van der Waals surface area (Å²) in [7, 11) is 0. The van der Waals surface area contributed by atoms with Crippen LogP contribution < -0.4 is 11.2 Å². The lowest BCUT2D eigenvalue weighted by Gasteiger charge is -1.87. The van der Waals surface area contributed by atoms with Crippen molar-refractivity contribution < 1.29 is 0 Å². The van der Waals surface area contributed by atoms with Crippen molar-refractivity contribution in [1.82, 2.24) is 9.97 Å². The maximum atomic E-state index is 10.5. The minimum Gasteiger partial charge on any atom is -0.312 e. The molecule has 0 atom stereocenters. The van der Waals surface area contributed by atoms with Crippen molar-refractivity contribution in [2.75, 3.05) is 0 Å². The third-order valence-electron chi connectivity index (χ3n) is 0.920. The van der Waals surface area contributed by atoms with E-state index < -0.39 is 0 Å². The van der Waals surface area contributed by atoms with Gasteiger partial charge in [-0.1, -0.05) is 0 Å². The van der Waals surface area contributed by atoms with Crippen molar-refractivity contribution in [3.8, 4) is 0 Å². The lowest BCUT2D eigenvalue weighted by Crippen LogP contribution is -2.21. The van der Waals surface area contributed by atoms with E-state index in [4.69, 9.17) is 5.41 Å². The van der Waals surface area contributed by atoms with Gasteiger partial charge in [-0.2, -0.15) is 0 Å². The summed E-state index contributed by atoms with van der Waals surface area (Å²) < 4.78 is 0. The Morgan fingerprint density at radius 1 is 1.56 bits per heavy atom. The largest absolute Gasteiger partial charge is 0.324 e. The molecule has 0 saturated heterocycles. The molecule has 0 aliphatic carbocycles. The van der Waals surface area contributed by atoms with Gasteiger partial charge >= 0.3 is 5.69 Å². The molecule has 0 aliphatic heterocycles. The van der Waals surface area contributed by atoms with Gasteiger partial charge < -0.3 is 4.98 Å². The first-order valence-electron chi connectivity index (χ1n) is 2.53. The Balaban J connectivity index is 3.52. The van der Waals surface area contributed by atoms with Crippen molar-refractivity contribution >= 4 is 0 Å². The minimum atomic E-state index is -0.333. The summed E-state index contributed by atoms with van der Waals surface area (Å²) in [6.45, 7) is 1.73. The van der Waals surface area contributed by atoms with Crippen LogP contribution in [0.1, 0.15) is 5.69 Å². The van der Waals surface area contributed by atoms with Crippen molar-refractivity contribution in [1.29, 1.82) is 5.41 Å². The Hall–Kier alpha value is -1.32. The first-order valence-corrected chi connectivity index (χ1v) is 2.53. The van der Waals surface area contributed by atoms with Crippen LogP contribution in [0.4, 0.5) is 0 Å². The fourth-order valence-corrected chi connectivity index (χ4v) is 0.621. The van der Waals surface area contributed by atoms with Gasteiger partial charge in [-0.25, -0.2) is 4.79 Å². The van der Waals surface area contributed by atoms with E-state index in [0.717, 1.165) is 0 Å². The first kappa shape index (κ1) is 5.81. The van der Waals surface area contributed by atoms with Gasteiger partial charge in [-0.3, -0.25) is 10.4 Å². The highest BCUT2D eigenvalue weighted by Gasteiger charge is 1.83. The van der Waals surface area contributed by atoms with Gasteiger partial charge in [-0.15, -0.1) is 0 Å². The second-order valence-electron chi connectivity index (χ2n) is 1.82. The van der Waals surface area contributed by atoms with Crippen LogP contribution in [0.3, 0.4) is 0 Å². The van der Waals surface area contributed by atoms with Gasteiger partial charge in [0.15, 0.2) is 0 Å². The predicted molar refractivity (Wildman–Crippen MR) is 32.0 cm³/mol. The lowest BCUT2D eigenvalue weighted by molar-refractivity contribution is 0.948. The standard InChI is InChI=1S/C5H7N3O/c1-3-2-4(6)8-5(9)7-3/h2H,1H3,(H3,6,7,8,9). The normalized spacial score (nSPS) is 9.44. The van der Waals surface area contributed by atoms with E-state index in [1.807, 2.05) is 0 Å². The molecule has 9 heavy (non-hydrogen) atoms. The van der Waals surface area contributed by atoms with Gasteiger partial charge in [0.05, 0.1) is 0 Å². The van der Waals surface area contributed by atoms with E-state index in [1.54, 1.807) is 13.0 Å². The Kier molecular flexibility index (Phi) is 1.22. The molecule has 0 amide bonds.